The minimum atomic E-state index is -3.17. The number of sulfonamides is 1. The smallest absolute Gasteiger partial charge is 0.220 e. The van der Waals surface area contributed by atoms with Crippen LogP contribution in [0.3, 0.4) is 0 Å². The van der Waals surface area contributed by atoms with Crippen LogP contribution in [0, 0.1) is 5.92 Å². The zero-order valence-electron chi connectivity index (χ0n) is 17.1. The molecule has 2 aliphatic rings. The van der Waals surface area contributed by atoms with Crippen molar-refractivity contribution in [1.29, 1.82) is 0 Å². The number of carbonyl (C=O) groups excluding carboxylic acids is 1. The fraction of sp³-hybridized carbons (Fsp3) is 0.667. The van der Waals surface area contributed by atoms with Crippen LogP contribution in [0.15, 0.2) is 24.3 Å². The molecule has 1 spiro atoms. The van der Waals surface area contributed by atoms with Crippen LogP contribution in [0.25, 0.3) is 0 Å². The molecule has 7 heteroatoms. The van der Waals surface area contributed by atoms with Gasteiger partial charge in [-0.2, -0.15) is 0 Å². The van der Waals surface area contributed by atoms with Crippen LogP contribution >= 0.6 is 0 Å². The van der Waals surface area contributed by atoms with Gasteiger partial charge in [-0.25, -0.2) is 12.7 Å². The number of benzene rings is 1. The summed E-state index contributed by atoms with van der Waals surface area (Å²) in [4.78, 5) is 12.5. The van der Waals surface area contributed by atoms with Crippen LogP contribution in [-0.4, -0.2) is 49.6 Å². The lowest BCUT2D eigenvalue weighted by molar-refractivity contribution is -0.122. The lowest BCUT2D eigenvalue weighted by Crippen LogP contribution is -2.52. The quantitative estimate of drug-likeness (QED) is 0.785. The highest BCUT2D eigenvalue weighted by molar-refractivity contribution is 7.89. The van der Waals surface area contributed by atoms with E-state index in [1.807, 2.05) is 24.3 Å². The van der Waals surface area contributed by atoms with Crippen molar-refractivity contribution in [2.75, 3.05) is 25.4 Å². The van der Waals surface area contributed by atoms with E-state index in [2.05, 4.69) is 19.2 Å². The lowest BCUT2D eigenvalue weighted by Gasteiger charge is -2.46. The van der Waals surface area contributed by atoms with Gasteiger partial charge in [-0.1, -0.05) is 32.0 Å². The van der Waals surface area contributed by atoms with Crippen LogP contribution < -0.4 is 10.1 Å². The van der Waals surface area contributed by atoms with Gasteiger partial charge in [0.15, 0.2) is 0 Å². The predicted octanol–water partition coefficient (Wildman–Crippen LogP) is 2.90. The number of nitrogens with one attached hydrogen (secondary N) is 1. The molecular formula is C21H32N2O4S. The summed E-state index contributed by atoms with van der Waals surface area (Å²) in [7, 11) is -3.17. The van der Waals surface area contributed by atoms with Gasteiger partial charge in [0, 0.05) is 44.8 Å². The Balaban J connectivity index is 1.75. The average Bonchev–Trinajstić information content (AvgIpc) is 2.66. The van der Waals surface area contributed by atoms with E-state index in [1.54, 1.807) is 11.2 Å². The van der Waals surface area contributed by atoms with E-state index in [4.69, 9.17) is 4.74 Å². The van der Waals surface area contributed by atoms with Crippen molar-refractivity contribution < 1.29 is 17.9 Å². The van der Waals surface area contributed by atoms with Crippen molar-refractivity contribution in [3.63, 3.8) is 0 Å². The first-order chi connectivity index (χ1) is 13.2. The number of carbonyl (C=O) groups is 1. The van der Waals surface area contributed by atoms with Gasteiger partial charge in [0.2, 0.25) is 15.9 Å². The molecule has 3 rings (SSSR count). The number of rotatable bonds is 6. The molecule has 0 aliphatic carbocycles. The molecule has 1 atom stereocenters. The normalized spacial score (nSPS) is 21.9. The number of ether oxygens (including phenoxy) is 1. The second kappa shape index (κ2) is 8.41. The van der Waals surface area contributed by atoms with E-state index in [0.717, 1.165) is 17.7 Å². The molecule has 1 amide bonds. The van der Waals surface area contributed by atoms with Crippen molar-refractivity contribution in [3.05, 3.63) is 29.8 Å². The summed E-state index contributed by atoms with van der Waals surface area (Å²) in [6, 6.07) is 7.93. The Morgan fingerprint density at radius 2 is 1.96 bits per heavy atom. The van der Waals surface area contributed by atoms with E-state index in [9.17, 15) is 13.2 Å². The van der Waals surface area contributed by atoms with Gasteiger partial charge >= 0.3 is 0 Å². The Hall–Kier alpha value is -1.60. The first-order valence-corrected chi connectivity index (χ1v) is 11.9. The molecule has 2 heterocycles. The monoisotopic (exact) mass is 408 g/mol. The SMILES string of the molecule is CCS(=O)(=O)N1CCC2(CC1)C[C@@H](CC(=O)NCC(C)C)c1ccccc1O2. The fourth-order valence-corrected chi connectivity index (χ4v) is 5.31. The maximum absolute atomic E-state index is 12.5. The summed E-state index contributed by atoms with van der Waals surface area (Å²) in [6.45, 7) is 7.47. The predicted molar refractivity (Wildman–Crippen MR) is 110 cm³/mol. The molecular weight excluding hydrogens is 376 g/mol. The molecule has 0 unspecified atom stereocenters. The fourth-order valence-electron chi connectivity index (χ4n) is 4.20. The zero-order valence-corrected chi connectivity index (χ0v) is 17.9. The van der Waals surface area contributed by atoms with Gasteiger partial charge < -0.3 is 10.1 Å². The van der Waals surface area contributed by atoms with Crippen LogP contribution in [0.4, 0.5) is 0 Å². The standard InChI is InChI=1S/C21H32N2O4S/c1-4-28(25,26)23-11-9-21(10-12-23)14-17(13-20(24)22-15-16(2)3)18-7-5-6-8-19(18)27-21/h5-8,16-17H,4,9-15H2,1-3H3,(H,22,24)/t17-/m1/s1. The minimum Gasteiger partial charge on any atom is -0.487 e. The van der Waals surface area contributed by atoms with Gasteiger partial charge in [-0.15, -0.1) is 0 Å². The third-order valence-electron chi connectivity index (χ3n) is 5.83. The zero-order chi connectivity index (χ0) is 20.4. The number of amides is 1. The van der Waals surface area contributed by atoms with Crippen molar-refractivity contribution in [2.45, 2.75) is 58.0 Å². The van der Waals surface area contributed by atoms with Crippen LogP contribution in [0.2, 0.25) is 0 Å². The Kier molecular flexibility index (Phi) is 6.34. The molecule has 28 heavy (non-hydrogen) atoms. The lowest BCUT2D eigenvalue weighted by atomic mass is 9.76. The highest BCUT2D eigenvalue weighted by Crippen LogP contribution is 2.46. The Bertz CT molecular complexity index is 798. The number of para-hydroxylation sites is 1. The van der Waals surface area contributed by atoms with Crippen LogP contribution in [-0.2, 0) is 14.8 Å². The Morgan fingerprint density at radius 1 is 1.29 bits per heavy atom. The summed E-state index contributed by atoms with van der Waals surface area (Å²) in [5.74, 6) is 1.54. The van der Waals surface area contributed by atoms with Crippen molar-refractivity contribution >= 4 is 15.9 Å². The molecule has 2 aliphatic heterocycles. The first kappa shape index (κ1) is 21.1. The summed E-state index contributed by atoms with van der Waals surface area (Å²) < 4.78 is 32.4. The van der Waals surface area contributed by atoms with Gasteiger partial charge in [0.25, 0.3) is 0 Å². The van der Waals surface area contributed by atoms with Crippen molar-refractivity contribution in [2.24, 2.45) is 5.92 Å². The second-order valence-corrected chi connectivity index (χ2v) is 10.7. The Morgan fingerprint density at radius 3 is 2.61 bits per heavy atom. The molecule has 1 N–H and O–H groups in total. The van der Waals surface area contributed by atoms with Crippen molar-refractivity contribution in [3.8, 4) is 5.75 Å². The summed E-state index contributed by atoms with van der Waals surface area (Å²) in [5, 5.41) is 3.02. The average molecular weight is 409 g/mol. The summed E-state index contributed by atoms with van der Waals surface area (Å²) >= 11 is 0. The third kappa shape index (κ3) is 4.69. The van der Waals surface area contributed by atoms with E-state index >= 15 is 0 Å². The van der Waals surface area contributed by atoms with Crippen LogP contribution in [0.1, 0.15) is 57.9 Å². The summed E-state index contributed by atoms with van der Waals surface area (Å²) in [6.07, 6.45) is 2.50. The third-order valence-corrected chi connectivity index (χ3v) is 7.72. The number of piperidine rings is 1. The van der Waals surface area contributed by atoms with E-state index < -0.39 is 15.6 Å². The number of hydrogen-bond donors (Lipinski definition) is 1. The largest absolute Gasteiger partial charge is 0.487 e. The van der Waals surface area contributed by atoms with E-state index in [1.165, 1.54) is 0 Å². The van der Waals surface area contributed by atoms with E-state index in [-0.39, 0.29) is 17.6 Å². The van der Waals surface area contributed by atoms with Crippen molar-refractivity contribution in [1.82, 2.24) is 9.62 Å². The van der Waals surface area contributed by atoms with Crippen LogP contribution in [0.5, 0.6) is 5.75 Å². The van der Waals surface area contributed by atoms with Gasteiger partial charge in [-0.3, -0.25) is 4.79 Å². The topological polar surface area (TPSA) is 75.7 Å². The molecule has 1 fully saturated rings. The maximum Gasteiger partial charge on any atom is 0.220 e. The molecule has 6 nitrogen and oxygen atoms in total. The maximum atomic E-state index is 12.5. The molecule has 1 aromatic carbocycles. The highest BCUT2D eigenvalue weighted by atomic mass is 32.2. The molecule has 0 bridgehead atoms. The molecule has 1 saturated heterocycles. The van der Waals surface area contributed by atoms with E-state index in [0.29, 0.717) is 44.8 Å². The minimum absolute atomic E-state index is 0.0662. The molecule has 156 valence electrons. The van der Waals surface area contributed by atoms with Gasteiger partial charge in [0.1, 0.15) is 11.4 Å². The second-order valence-electron chi connectivity index (χ2n) is 8.43. The Labute approximate surface area is 168 Å². The number of nitrogens with zero attached hydrogens (tertiary/aromatic N) is 1. The molecule has 0 radical (unpaired) electrons. The van der Waals surface area contributed by atoms with Gasteiger partial charge in [-0.05, 0) is 30.9 Å². The number of hydrogen-bond acceptors (Lipinski definition) is 4. The first-order valence-electron chi connectivity index (χ1n) is 10.3. The van der Waals surface area contributed by atoms with Gasteiger partial charge in [0.05, 0.1) is 5.75 Å². The molecule has 0 aromatic heterocycles. The summed E-state index contributed by atoms with van der Waals surface area (Å²) in [5.41, 5.74) is 0.688. The molecule has 0 saturated carbocycles. The highest BCUT2D eigenvalue weighted by Gasteiger charge is 2.45. The molecule has 1 aromatic rings. The number of fused-ring (bicyclic) bond motifs is 1.